The molecule has 1 heterocycles. The largest absolute Gasteiger partial charge is 0.486 e. The molecule has 1 aromatic heterocycles. The Hall–Kier alpha value is -1.97. The molecule has 0 aliphatic heterocycles. The number of nitrogens with zero attached hydrogens (tertiary/aromatic N) is 1. The monoisotopic (exact) mass is 189 g/mol. The van der Waals surface area contributed by atoms with Crippen LogP contribution in [-0.4, -0.2) is 9.97 Å². The SMILES string of the molecule is Nc1cccc(OCc2ncc[nH]2)c1. The summed E-state index contributed by atoms with van der Waals surface area (Å²) in [5.41, 5.74) is 6.30. The average molecular weight is 189 g/mol. The summed E-state index contributed by atoms with van der Waals surface area (Å²) in [4.78, 5) is 7.00. The number of ether oxygens (including phenoxy) is 1. The maximum absolute atomic E-state index is 5.60. The standard InChI is InChI=1S/C10H11N3O/c11-8-2-1-3-9(6-8)14-7-10-12-4-5-13-10/h1-6H,7,11H2,(H,12,13). The fraction of sp³-hybridized carbons (Fsp3) is 0.100. The van der Waals surface area contributed by atoms with Gasteiger partial charge in [0.15, 0.2) is 0 Å². The molecule has 0 amide bonds. The summed E-state index contributed by atoms with van der Waals surface area (Å²) in [6.45, 7) is 0.427. The lowest BCUT2D eigenvalue weighted by Crippen LogP contribution is -1.97. The van der Waals surface area contributed by atoms with E-state index in [9.17, 15) is 0 Å². The van der Waals surface area contributed by atoms with Crippen LogP contribution in [0, 0.1) is 0 Å². The van der Waals surface area contributed by atoms with E-state index >= 15 is 0 Å². The molecule has 3 N–H and O–H groups in total. The zero-order valence-electron chi connectivity index (χ0n) is 7.60. The van der Waals surface area contributed by atoms with Gasteiger partial charge in [-0.25, -0.2) is 4.98 Å². The minimum atomic E-state index is 0.427. The molecule has 0 saturated heterocycles. The van der Waals surface area contributed by atoms with Crippen molar-refractivity contribution in [3.63, 3.8) is 0 Å². The first-order chi connectivity index (χ1) is 6.84. The van der Waals surface area contributed by atoms with E-state index < -0.39 is 0 Å². The molecular weight excluding hydrogens is 178 g/mol. The fourth-order valence-corrected chi connectivity index (χ4v) is 1.13. The van der Waals surface area contributed by atoms with Gasteiger partial charge in [-0.1, -0.05) is 6.07 Å². The number of hydrogen-bond acceptors (Lipinski definition) is 3. The number of aromatic amines is 1. The number of H-pyrrole nitrogens is 1. The number of anilines is 1. The summed E-state index contributed by atoms with van der Waals surface area (Å²) in [6.07, 6.45) is 3.45. The highest BCUT2D eigenvalue weighted by Gasteiger charge is 1.97. The minimum absolute atomic E-state index is 0.427. The maximum atomic E-state index is 5.60. The molecule has 0 spiro atoms. The van der Waals surface area contributed by atoms with E-state index in [0.29, 0.717) is 12.3 Å². The third kappa shape index (κ3) is 2.04. The normalized spacial score (nSPS) is 10.0. The molecule has 0 atom stereocenters. The Morgan fingerprint density at radius 1 is 1.43 bits per heavy atom. The molecule has 0 fully saturated rings. The van der Waals surface area contributed by atoms with Gasteiger partial charge < -0.3 is 15.5 Å². The number of nitrogens with two attached hydrogens (primary N) is 1. The molecule has 0 bridgehead atoms. The molecule has 0 saturated carbocycles. The van der Waals surface area contributed by atoms with E-state index in [1.54, 1.807) is 18.5 Å². The van der Waals surface area contributed by atoms with E-state index in [1.807, 2.05) is 18.2 Å². The van der Waals surface area contributed by atoms with E-state index in [1.165, 1.54) is 0 Å². The Bertz CT molecular complexity index is 398. The Kier molecular flexibility index (Phi) is 2.36. The highest BCUT2D eigenvalue weighted by Crippen LogP contribution is 2.15. The zero-order valence-corrected chi connectivity index (χ0v) is 7.60. The Morgan fingerprint density at radius 3 is 3.07 bits per heavy atom. The highest BCUT2D eigenvalue weighted by molar-refractivity contribution is 5.43. The Balaban J connectivity index is 1.98. The lowest BCUT2D eigenvalue weighted by atomic mass is 10.3. The lowest BCUT2D eigenvalue weighted by Gasteiger charge is -2.04. The fourth-order valence-electron chi connectivity index (χ4n) is 1.13. The summed E-state index contributed by atoms with van der Waals surface area (Å²) in [5, 5.41) is 0. The van der Waals surface area contributed by atoms with Crippen LogP contribution in [0.15, 0.2) is 36.7 Å². The van der Waals surface area contributed by atoms with Gasteiger partial charge in [0.1, 0.15) is 18.2 Å². The van der Waals surface area contributed by atoms with Gasteiger partial charge in [-0.2, -0.15) is 0 Å². The summed E-state index contributed by atoms with van der Waals surface area (Å²) >= 11 is 0. The van der Waals surface area contributed by atoms with Crippen LogP contribution in [0.25, 0.3) is 0 Å². The second-order valence-electron chi connectivity index (χ2n) is 2.90. The number of nitrogen functional groups attached to an aromatic ring is 1. The van der Waals surface area contributed by atoms with Gasteiger partial charge in [0.2, 0.25) is 0 Å². The van der Waals surface area contributed by atoms with E-state index in [-0.39, 0.29) is 0 Å². The van der Waals surface area contributed by atoms with Crippen molar-refractivity contribution in [3.05, 3.63) is 42.5 Å². The molecule has 0 aliphatic carbocycles. The Morgan fingerprint density at radius 2 is 2.36 bits per heavy atom. The number of rotatable bonds is 3. The third-order valence-corrected chi connectivity index (χ3v) is 1.79. The van der Waals surface area contributed by atoms with Crippen molar-refractivity contribution in [2.24, 2.45) is 0 Å². The average Bonchev–Trinajstić information content (AvgIpc) is 2.67. The summed E-state index contributed by atoms with van der Waals surface area (Å²) < 4.78 is 5.46. The van der Waals surface area contributed by atoms with Crippen LogP contribution in [0.4, 0.5) is 5.69 Å². The van der Waals surface area contributed by atoms with Crippen LogP contribution >= 0.6 is 0 Å². The smallest absolute Gasteiger partial charge is 0.146 e. The maximum Gasteiger partial charge on any atom is 0.146 e. The zero-order chi connectivity index (χ0) is 9.80. The van der Waals surface area contributed by atoms with Crippen molar-refractivity contribution in [2.45, 2.75) is 6.61 Å². The van der Waals surface area contributed by atoms with Crippen molar-refractivity contribution in [1.82, 2.24) is 9.97 Å². The van der Waals surface area contributed by atoms with Crippen molar-refractivity contribution < 1.29 is 4.74 Å². The third-order valence-electron chi connectivity index (χ3n) is 1.79. The predicted octanol–water partition coefficient (Wildman–Crippen LogP) is 1.57. The number of imidazole rings is 1. The van der Waals surface area contributed by atoms with Crippen LogP contribution in [0.5, 0.6) is 5.75 Å². The van der Waals surface area contributed by atoms with Gasteiger partial charge in [-0.15, -0.1) is 0 Å². The minimum Gasteiger partial charge on any atom is -0.486 e. The number of aromatic nitrogens is 2. The summed E-state index contributed by atoms with van der Waals surface area (Å²) in [7, 11) is 0. The van der Waals surface area contributed by atoms with Gasteiger partial charge in [0, 0.05) is 24.1 Å². The van der Waals surface area contributed by atoms with Crippen LogP contribution in [-0.2, 0) is 6.61 Å². The van der Waals surface area contributed by atoms with Crippen LogP contribution in [0.3, 0.4) is 0 Å². The molecule has 1 aromatic carbocycles. The number of hydrogen-bond donors (Lipinski definition) is 2. The van der Waals surface area contributed by atoms with Gasteiger partial charge in [0.25, 0.3) is 0 Å². The second-order valence-corrected chi connectivity index (χ2v) is 2.90. The van der Waals surface area contributed by atoms with Crippen molar-refractivity contribution in [2.75, 3.05) is 5.73 Å². The first kappa shape index (κ1) is 8.62. The summed E-state index contributed by atoms with van der Waals surface area (Å²) in [5.74, 6) is 1.55. The molecule has 4 heteroatoms. The van der Waals surface area contributed by atoms with Gasteiger partial charge >= 0.3 is 0 Å². The van der Waals surface area contributed by atoms with E-state index in [2.05, 4.69) is 9.97 Å². The van der Waals surface area contributed by atoms with Gasteiger partial charge in [-0.3, -0.25) is 0 Å². The molecule has 4 nitrogen and oxygen atoms in total. The van der Waals surface area contributed by atoms with E-state index in [0.717, 1.165) is 11.6 Å². The molecule has 0 aliphatic rings. The second kappa shape index (κ2) is 3.83. The van der Waals surface area contributed by atoms with Crippen LogP contribution in [0.1, 0.15) is 5.82 Å². The molecule has 72 valence electrons. The van der Waals surface area contributed by atoms with Crippen molar-refractivity contribution in [1.29, 1.82) is 0 Å². The molecule has 0 radical (unpaired) electrons. The first-order valence-corrected chi connectivity index (χ1v) is 4.31. The molecule has 0 unspecified atom stereocenters. The highest BCUT2D eigenvalue weighted by atomic mass is 16.5. The quantitative estimate of drug-likeness (QED) is 0.720. The molecule has 2 rings (SSSR count). The number of nitrogens with one attached hydrogen (secondary N) is 1. The van der Waals surface area contributed by atoms with Crippen molar-refractivity contribution >= 4 is 5.69 Å². The Labute approximate surface area is 81.7 Å². The topological polar surface area (TPSA) is 63.9 Å². The van der Waals surface area contributed by atoms with E-state index in [4.69, 9.17) is 10.5 Å². The first-order valence-electron chi connectivity index (χ1n) is 4.31. The predicted molar refractivity (Wildman–Crippen MR) is 53.8 cm³/mol. The van der Waals surface area contributed by atoms with Crippen LogP contribution < -0.4 is 10.5 Å². The molecule has 2 aromatic rings. The molecule has 14 heavy (non-hydrogen) atoms. The van der Waals surface area contributed by atoms with Gasteiger partial charge in [0.05, 0.1) is 0 Å². The van der Waals surface area contributed by atoms with Crippen LogP contribution in [0.2, 0.25) is 0 Å². The number of benzene rings is 1. The summed E-state index contributed by atoms with van der Waals surface area (Å²) in [6, 6.07) is 7.31. The van der Waals surface area contributed by atoms with Gasteiger partial charge in [-0.05, 0) is 12.1 Å². The lowest BCUT2D eigenvalue weighted by molar-refractivity contribution is 0.297. The van der Waals surface area contributed by atoms with Crippen molar-refractivity contribution in [3.8, 4) is 5.75 Å². The molecular formula is C10H11N3O.